The molecule has 1 heterocycles. The van der Waals surface area contributed by atoms with E-state index < -0.39 is 5.25 Å². The number of rotatable bonds is 10. The lowest BCUT2D eigenvalue weighted by Crippen LogP contribution is -2.35. The number of hydrogen-bond donors (Lipinski definition) is 2. The summed E-state index contributed by atoms with van der Waals surface area (Å²) in [4.78, 5) is 26.0. The summed E-state index contributed by atoms with van der Waals surface area (Å²) < 4.78 is 11.6. The Labute approximate surface area is 188 Å². The van der Waals surface area contributed by atoms with Crippen LogP contribution in [0.3, 0.4) is 0 Å². The fourth-order valence-electron chi connectivity index (χ4n) is 3.23. The van der Waals surface area contributed by atoms with Crippen LogP contribution in [-0.4, -0.2) is 30.3 Å². The average Bonchev–Trinajstić information content (AvgIpc) is 2.76. The Bertz CT molecular complexity index is 918. The fraction of sp³-hybridized carbons (Fsp3) is 0.417. The second kappa shape index (κ2) is 11.1. The van der Waals surface area contributed by atoms with E-state index in [1.165, 1.54) is 11.8 Å². The molecule has 0 unspecified atom stereocenters. The molecule has 2 amide bonds. The van der Waals surface area contributed by atoms with Gasteiger partial charge in [0.15, 0.2) is 11.5 Å². The monoisotopic (exact) mass is 442 g/mol. The maximum absolute atomic E-state index is 12.7. The van der Waals surface area contributed by atoms with Crippen LogP contribution in [0.25, 0.3) is 0 Å². The van der Waals surface area contributed by atoms with Crippen molar-refractivity contribution in [1.29, 1.82) is 0 Å². The Hall–Kier alpha value is -2.67. The van der Waals surface area contributed by atoms with Gasteiger partial charge in [-0.1, -0.05) is 32.0 Å². The van der Waals surface area contributed by atoms with Crippen LogP contribution in [0.4, 0.5) is 5.69 Å². The van der Waals surface area contributed by atoms with Gasteiger partial charge < -0.3 is 20.1 Å². The Morgan fingerprint density at radius 3 is 2.55 bits per heavy atom. The molecule has 1 aliphatic rings. The van der Waals surface area contributed by atoms with Gasteiger partial charge in [0.2, 0.25) is 11.8 Å². The first-order chi connectivity index (χ1) is 15.0. The largest absolute Gasteiger partial charge is 0.490 e. The molecule has 0 saturated heterocycles. The Kier molecular flexibility index (Phi) is 8.23. The summed E-state index contributed by atoms with van der Waals surface area (Å²) in [5, 5.41) is 5.44. The minimum Gasteiger partial charge on any atom is -0.490 e. The van der Waals surface area contributed by atoms with Crippen molar-refractivity contribution in [3.63, 3.8) is 0 Å². The second-order valence-corrected chi connectivity index (χ2v) is 8.73. The highest BCUT2D eigenvalue weighted by Crippen LogP contribution is 2.37. The average molecular weight is 443 g/mol. The highest BCUT2D eigenvalue weighted by atomic mass is 32.2. The van der Waals surface area contributed by atoms with Gasteiger partial charge in [-0.05, 0) is 49.6 Å². The van der Waals surface area contributed by atoms with Crippen molar-refractivity contribution in [2.75, 3.05) is 18.5 Å². The van der Waals surface area contributed by atoms with Crippen LogP contribution in [0, 0.1) is 0 Å². The van der Waals surface area contributed by atoms with Gasteiger partial charge >= 0.3 is 0 Å². The van der Waals surface area contributed by atoms with Crippen LogP contribution in [0.2, 0.25) is 0 Å². The number of benzene rings is 2. The maximum atomic E-state index is 12.7. The van der Waals surface area contributed by atoms with E-state index in [-0.39, 0.29) is 24.3 Å². The van der Waals surface area contributed by atoms with E-state index in [2.05, 4.69) is 24.5 Å². The summed E-state index contributed by atoms with van der Waals surface area (Å²) in [6, 6.07) is 13.1. The van der Waals surface area contributed by atoms with Crippen LogP contribution in [0.1, 0.15) is 51.6 Å². The highest BCUT2D eigenvalue weighted by molar-refractivity contribution is 8.01. The van der Waals surface area contributed by atoms with Crippen molar-refractivity contribution in [2.45, 2.75) is 56.2 Å². The molecule has 0 spiro atoms. The summed E-state index contributed by atoms with van der Waals surface area (Å²) >= 11 is 1.43. The minimum atomic E-state index is -0.449. The van der Waals surface area contributed by atoms with Crippen molar-refractivity contribution in [3.8, 4) is 11.5 Å². The summed E-state index contributed by atoms with van der Waals surface area (Å²) in [7, 11) is 0. The van der Waals surface area contributed by atoms with E-state index in [0.717, 1.165) is 29.0 Å². The van der Waals surface area contributed by atoms with E-state index >= 15 is 0 Å². The molecule has 0 aliphatic carbocycles. The van der Waals surface area contributed by atoms with E-state index in [1.807, 2.05) is 49.4 Å². The predicted molar refractivity (Wildman–Crippen MR) is 124 cm³/mol. The lowest BCUT2D eigenvalue weighted by molar-refractivity contribution is -0.124. The number of anilines is 1. The number of hydrogen-bond acceptors (Lipinski definition) is 5. The molecule has 0 radical (unpaired) electrons. The Morgan fingerprint density at radius 1 is 1.10 bits per heavy atom. The van der Waals surface area contributed by atoms with Gasteiger partial charge in [-0.25, -0.2) is 0 Å². The minimum absolute atomic E-state index is 0.117. The van der Waals surface area contributed by atoms with Crippen molar-refractivity contribution < 1.29 is 19.1 Å². The molecule has 7 heteroatoms. The quantitative estimate of drug-likeness (QED) is 0.545. The molecule has 2 aromatic carbocycles. The topological polar surface area (TPSA) is 76.7 Å². The van der Waals surface area contributed by atoms with Gasteiger partial charge in [0.25, 0.3) is 0 Å². The molecule has 1 aliphatic heterocycles. The molecule has 6 nitrogen and oxygen atoms in total. The molecule has 31 heavy (non-hydrogen) atoms. The van der Waals surface area contributed by atoms with Gasteiger partial charge in [0.05, 0.1) is 30.2 Å². The molecular weight excluding hydrogens is 412 g/mol. The molecule has 0 saturated carbocycles. The molecule has 0 fully saturated rings. The Balaban J connectivity index is 1.63. The molecule has 3 rings (SSSR count). The van der Waals surface area contributed by atoms with E-state index in [9.17, 15) is 9.59 Å². The molecular formula is C24H30N2O4S. The van der Waals surface area contributed by atoms with Crippen LogP contribution >= 0.6 is 11.8 Å². The van der Waals surface area contributed by atoms with Gasteiger partial charge in [0, 0.05) is 11.3 Å². The van der Waals surface area contributed by atoms with Gasteiger partial charge in [-0.15, -0.1) is 11.8 Å². The third-order valence-corrected chi connectivity index (χ3v) is 6.12. The lowest BCUT2D eigenvalue weighted by Gasteiger charge is -2.24. The number of para-hydroxylation sites is 1. The number of ether oxygens (including phenoxy) is 2. The summed E-state index contributed by atoms with van der Waals surface area (Å²) in [5.41, 5.74) is 1.72. The van der Waals surface area contributed by atoms with Gasteiger partial charge in [-0.2, -0.15) is 0 Å². The number of amides is 2. The second-order valence-electron chi connectivity index (χ2n) is 7.49. The fourth-order valence-corrected chi connectivity index (χ4v) is 4.34. The zero-order valence-electron chi connectivity index (χ0n) is 18.3. The van der Waals surface area contributed by atoms with Crippen molar-refractivity contribution in [3.05, 3.63) is 48.0 Å². The number of carbonyl (C=O) groups is 2. The first-order valence-corrected chi connectivity index (χ1v) is 11.6. The summed E-state index contributed by atoms with van der Waals surface area (Å²) in [6.07, 6.45) is 1.93. The lowest BCUT2D eigenvalue weighted by atomic mass is 10.1. The number of thioether (sulfide) groups is 1. The smallest absolute Gasteiger partial charge is 0.238 e. The first-order valence-electron chi connectivity index (χ1n) is 10.8. The van der Waals surface area contributed by atoms with Gasteiger partial charge in [-0.3, -0.25) is 9.59 Å². The van der Waals surface area contributed by atoms with Crippen LogP contribution in [-0.2, 0) is 9.59 Å². The molecule has 0 aromatic heterocycles. The number of nitrogens with one attached hydrogen (secondary N) is 2. The van der Waals surface area contributed by atoms with Gasteiger partial charge in [0.1, 0.15) is 0 Å². The zero-order chi connectivity index (χ0) is 22.2. The van der Waals surface area contributed by atoms with Crippen molar-refractivity contribution in [2.24, 2.45) is 0 Å². The molecule has 2 N–H and O–H groups in total. The van der Waals surface area contributed by atoms with Crippen molar-refractivity contribution in [1.82, 2.24) is 5.32 Å². The van der Waals surface area contributed by atoms with E-state index in [0.29, 0.717) is 24.7 Å². The van der Waals surface area contributed by atoms with E-state index in [4.69, 9.17) is 9.47 Å². The standard InChI is InChI=1S/C24H30N2O4S/c1-4-12-29-19-11-10-17(14-20(19)30-13-5-2)16(3)25-23(27)15-22-24(28)26-18-8-6-7-9-21(18)31-22/h6-11,14,16,22H,4-5,12-13,15H2,1-3H3,(H,25,27)(H,26,28)/t16-,22-/m0/s1. The molecule has 2 aromatic rings. The normalized spacial score (nSPS) is 16.1. The van der Waals surface area contributed by atoms with E-state index in [1.54, 1.807) is 0 Å². The first kappa shape index (κ1) is 23.0. The summed E-state index contributed by atoms with van der Waals surface area (Å²) in [5.74, 6) is 1.10. The molecule has 2 atom stereocenters. The third-order valence-electron chi connectivity index (χ3n) is 4.85. The zero-order valence-corrected chi connectivity index (χ0v) is 19.1. The summed E-state index contributed by atoms with van der Waals surface area (Å²) in [6.45, 7) is 7.26. The SMILES string of the molecule is CCCOc1ccc([C@H](C)NC(=O)C[C@@H]2Sc3ccccc3NC2=O)cc1OCCC. The third kappa shape index (κ3) is 6.17. The van der Waals surface area contributed by atoms with Crippen LogP contribution in [0.5, 0.6) is 11.5 Å². The van der Waals surface area contributed by atoms with Crippen molar-refractivity contribution >= 4 is 29.3 Å². The highest BCUT2D eigenvalue weighted by Gasteiger charge is 2.29. The molecule has 166 valence electrons. The number of fused-ring (bicyclic) bond motifs is 1. The maximum Gasteiger partial charge on any atom is 0.238 e. The Morgan fingerprint density at radius 2 is 1.81 bits per heavy atom. The number of carbonyl (C=O) groups excluding carboxylic acids is 2. The predicted octanol–water partition coefficient (Wildman–Crippen LogP) is 4.94. The van der Waals surface area contributed by atoms with Crippen LogP contribution < -0.4 is 20.1 Å². The molecule has 0 bridgehead atoms. The van der Waals surface area contributed by atoms with Crippen LogP contribution in [0.15, 0.2) is 47.4 Å².